The lowest BCUT2D eigenvalue weighted by molar-refractivity contribution is -0.173. The Morgan fingerprint density at radius 3 is 2.17 bits per heavy atom. The Morgan fingerprint density at radius 2 is 1.92 bits per heavy atom. The molecule has 72 valence electrons. The molecule has 0 bridgehead atoms. The molecule has 0 aliphatic carbocycles. The molecule has 0 rings (SSSR count). The van der Waals surface area contributed by atoms with E-state index in [4.69, 9.17) is 0 Å². The van der Waals surface area contributed by atoms with Crippen molar-refractivity contribution in [3.05, 3.63) is 0 Å². The van der Waals surface area contributed by atoms with Crippen LogP contribution < -0.4 is 5.73 Å². The number of esters is 1. The summed E-state index contributed by atoms with van der Waals surface area (Å²) in [5.74, 6) is -6.12. The maximum Gasteiger partial charge on any atom is 0.332 e. The summed E-state index contributed by atoms with van der Waals surface area (Å²) in [6, 6.07) is -2.62. The average Bonchev–Trinajstić information content (AvgIpc) is 2.01. The normalized spacial score (nSPS) is 14.6. The largest absolute Gasteiger partial charge is 0.468 e. The molecule has 0 saturated carbocycles. The van der Waals surface area contributed by atoms with E-state index in [1.54, 1.807) is 0 Å². The Bertz CT molecular complexity index is 173. The van der Waals surface area contributed by atoms with Crippen LogP contribution in [-0.2, 0) is 9.53 Å². The standard InChI is InChI=1S/C5H7F4NO2/c1-12-3(11)2(10)5(8,9)4(6)7/h2,4H,10H2,1H3. The Morgan fingerprint density at radius 1 is 1.50 bits per heavy atom. The fourth-order valence-corrected chi connectivity index (χ4v) is 0.420. The molecule has 0 saturated heterocycles. The lowest BCUT2D eigenvalue weighted by Crippen LogP contribution is -2.51. The van der Waals surface area contributed by atoms with Gasteiger partial charge in [-0.2, -0.15) is 8.78 Å². The fraction of sp³-hybridized carbons (Fsp3) is 0.800. The first-order valence-electron chi connectivity index (χ1n) is 2.83. The summed E-state index contributed by atoms with van der Waals surface area (Å²) >= 11 is 0. The van der Waals surface area contributed by atoms with E-state index in [0.717, 1.165) is 7.11 Å². The van der Waals surface area contributed by atoms with Gasteiger partial charge in [0.25, 0.3) is 0 Å². The van der Waals surface area contributed by atoms with Gasteiger partial charge >= 0.3 is 18.3 Å². The first-order chi connectivity index (χ1) is 5.34. The average molecular weight is 189 g/mol. The number of ether oxygens (including phenoxy) is 1. The van der Waals surface area contributed by atoms with Gasteiger partial charge in [-0.1, -0.05) is 0 Å². The molecule has 0 aromatic carbocycles. The topological polar surface area (TPSA) is 52.3 Å². The summed E-state index contributed by atoms with van der Waals surface area (Å²) in [6.45, 7) is 0. The minimum absolute atomic E-state index is 0.781. The highest BCUT2D eigenvalue weighted by Crippen LogP contribution is 2.26. The molecule has 0 aromatic heterocycles. The van der Waals surface area contributed by atoms with E-state index in [0.29, 0.717) is 0 Å². The van der Waals surface area contributed by atoms with Crippen LogP contribution in [0, 0.1) is 0 Å². The number of hydrogen-bond acceptors (Lipinski definition) is 3. The molecule has 3 nitrogen and oxygen atoms in total. The third-order valence-electron chi connectivity index (χ3n) is 1.16. The van der Waals surface area contributed by atoms with Crippen molar-refractivity contribution in [3.8, 4) is 0 Å². The second-order valence-corrected chi connectivity index (χ2v) is 1.98. The summed E-state index contributed by atoms with van der Waals surface area (Å²) < 4.78 is 51.2. The monoisotopic (exact) mass is 189 g/mol. The SMILES string of the molecule is COC(=O)C(N)C(F)(F)C(F)F. The van der Waals surface area contributed by atoms with Crippen LogP contribution in [0.4, 0.5) is 17.6 Å². The molecule has 0 fully saturated rings. The fourth-order valence-electron chi connectivity index (χ4n) is 0.420. The van der Waals surface area contributed by atoms with Crippen molar-refractivity contribution in [2.75, 3.05) is 7.11 Å². The zero-order chi connectivity index (χ0) is 9.94. The first kappa shape index (κ1) is 11.2. The molecule has 0 amide bonds. The third-order valence-corrected chi connectivity index (χ3v) is 1.16. The van der Waals surface area contributed by atoms with Crippen molar-refractivity contribution < 1.29 is 27.1 Å². The Kier molecular flexibility index (Phi) is 3.44. The predicted molar refractivity (Wildman–Crippen MR) is 30.9 cm³/mol. The van der Waals surface area contributed by atoms with Gasteiger partial charge in [0.1, 0.15) is 0 Å². The Hall–Kier alpha value is -0.850. The molecule has 7 heteroatoms. The number of methoxy groups -OCH3 is 1. The third kappa shape index (κ3) is 2.07. The van der Waals surface area contributed by atoms with Gasteiger partial charge < -0.3 is 10.5 Å². The molecule has 0 aromatic rings. The minimum atomic E-state index is -4.55. The van der Waals surface area contributed by atoms with Crippen molar-refractivity contribution in [3.63, 3.8) is 0 Å². The number of carbonyl (C=O) groups is 1. The van der Waals surface area contributed by atoms with Crippen molar-refractivity contribution in [1.29, 1.82) is 0 Å². The van der Waals surface area contributed by atoms with Gasteiger partial charge in [-0.15, -0.1) is 0 Å². The van der Waals surface area contributed by atoms with Gasteiger partial charge in [0.2, 0.25) is 0 Å². The van der Waals surface area contributed by atoms with E-state index >= 15 is 0 Å². The second-order valence-electron chi connectivity index (χ2n) is 1.98. The summed E-state index contributed by atoms with van der Waals surface area (Å²) in [4.78, 5) is 10.3. The molecule has 0 spiro atoms. The van der Waals surface area contributed by atoms with Crippen LogP contribution in [0.1, 0.15) is 0 Å². The lowest BCUT2D eigenvalue weighted by atomic mass is 10.1. The molecule has 2 N–H and O–H groups in total. The molecule has 0 aliphatic heterocycles. The van der Waals surface area contributed by atoms with E-state index in [2.05, 4.69) is 10.5 Å². The molecule has 1 atom stereocenters. The van der Waals surface area contributed by atoms with E-state index in [9.17, 15) is 22.4 Å². The van der Waals surface area contributed by atoms with Gasteiger partial charge in [0.05, 0.1) is 7.11 Å². The molecule has 0 aliphatic rings. The van der Waals surface area contributed by atoms with Gasteiger partial charge in [-0.25, -0.2) is 8.78 Å². The maximum atomic E-state index is 12.2. The van der Waals surface area contributed by atoms with Crippen molar-refractivity contribution in [2.24, 2.45) is 5.73 Å². The van der Waals surface area contributed by atoms with E-state index in [1.807, 2.05) is 0 Å². The predicted octanol–water partition coefficient (Wildman–Crippen LogP) is 0.387. The van der Waals surface area contributed by atoms with Crippen LogP contribution in [0.3, 0.4) is 0 Å². The zero-order valence-electron chi connectivity index (χ0n) is 6.06. The van der Waals surface area contributed by atoms with E-state index in [-0.39, 0.29) is 0 Å². The molecule has 0 radical (unpaired) electrons. The minimum Gasteiger partial charge on any atom is -0.468 e. The number of alkyl halides is 4. The van der Waals surface area contributed by atoms with Gasteiger partial charge in [0, 0.05) is 0 Å². The summed E-state index contributed by atoms with van der Waals surface area (Å²) in [6.07, 6.45) is -3.98. The van der Waals surface area contributed by atoms with E-state index in [1.165, 1.54) is 0 Å². The second kappa shape index (κ2) is 3.70. The Labute approximate surface area is 65.5 Å². The van der Waals surface area contributed by atoms with Crippen LogP contribution in [0.5, 0.6) is 0 Å². The summed E-state index contributed by atoms with van der Waals surface area (Å²) in [5, 5.41) is 0. The van der Waals surface area contributed by atoms with Crippen LogP contribution >= 0.6 is 0 Å². The zero-order valence-corrected chi connectivity index (χ0v) is 6.06. The summed E-state index contributed by atoms with van der Waals surface area (Å²) in [5.41, 5.74) is 4.50. The lowest BCUT2D eigenvalue weighted by Gasteiger charge is -2.19. The highest BCUT2D eigenvalue weighted by atomic mass is 19.3. The molecular weight excluding hydrogens is 182 g/mol. The number of nitrogens with two attached hydrogens (primary N) is 1. The van der Waals surface area contributed by atoms with Gasteiger partial charge in [-0.3, -0.25) is 4.79 Å². The Balaban J connectivity index is 4.45. The summed E-state index contributed by atoms with van der Waals surface area (Å²) in [7, 11) is 0.781. The van der Waals surface area contributed by atoms with Crippen LogP contribution in [-0.4, -0.2) is 31.5 Å². The smallest absolute Gasteiger partial charge is 0.332 e. The van der Waals surface area contributed by atoms with E-state index < -0.39 is 24.4 Å². The van der Waals surface area contributed by atoms with Crippen LogP contribution in [0.15, 0.2) is 0 Å². The van der Waals surface area contributed by atoms with Gasteiger partial charge in [0.15, 0.2) is 6.04 Å². The molecule has 1 unspecified atom stereocenters. The van der Waals surface area contributed by atoms with Gasteiger partial charge in [-0.05, 0) is 0 Å². The van der Waals surface area contributed by atoms with Crippen molar-refractivity contribution >= 4 is 5.97 Å². The van der Waals surface area contributed by atoms with Crippen molar-refractivity contribution in [1.82, 2.24) is 0 Å². The molecular formula is C5H7F4NO2. The molecule has 12 heavy (non-hydrogen) atoms. The maximum absolute atomic E-state index is 12.2. The first-order valence-corrected chi connectivity index (χ1v) is 2.83. The quantitative estimate of drug-likeness (QED) is 0.516. The molecule has 0 heterocycles. The number of rotatable bonds is 3. The number of carbonyl (C=O) groups excluding carboxylic acids is 1. The van der Waals surface area contributed by atoms with Crippen LogP contribution in [0.2, 0.25) is 0 Å². The number of hydrogen-bond donors (Lipinski definition) is 1. The highest BCUT2D eigenvalue weighted by Gasteiger charge is 2.51. The highest BCUT2D eigenvalue weighted by molar-refractivity contribution is 5.76. The van der Waals surface area contributed by atoms with Crippen LogP contribution in [0.25, 0.3) is 0 Å². The van der Waals surface area contributed by atoms with Crippen molar-refractivity contribution in [2.45, 2.75) is 18.4 Å². The number of halogens is 4.